The van der Waals surface area contributed by atoms with Gasteiger partial charge in [0.1, 0.15) is 0 Å². The topological polar surface area (TPSA) is 29.3 Å². The van der Waals surface area contributed by atoms with Gasteiger partial charge in [0.15, 0.2) is 0 Å². The number of hydrogen-bond acceptors (Lipinski definition) is 2. The number of nitrogens with zero attached hydrogens (tertiary/aromatic N) is 1. The molecule has 2 heteroatoms. The summed E-state index contributed by atoms with van der Waals surface area (Å²) in [6, 6.07) is 0. The molecule has 0 aromatic rings. The molecule has 1 unspecified atom stereocenters. The molecule has 12 heavy (non-hydrogen) atoms. The van der Waals surface area contributed by atoms with Crippen molar-refractivity contribution >= 4 is 0 Å². The van der Waals surface area contributed by atoms with Gasteiger partial charge in [-0.2, -0.15) is 0 Å². The van der Waals surface area contributed by atoms with Gasteiger partial charge >= 0.3 is 0 Å². The van der Waals surface area contributed by atoms with E-state index in [0.717, 1.165) is 12.3 Å². The first kappa shape index (κ1) is 10.0. The van der Waals surface area contributed by atoms with E-state index in [1.54, 1.807) is 0 Å². The van der Waals surface area contributed by atoms with Gasteiger partial charge in [-0.15, -0.1) is 0 Å². The van der Waals surface area contributed by atoms with Crippen molar-refractivity contribution < 1.29 is 0 Å². The summed E-state index contributed by atoms with van der Waals surface area (Å²) in [5, 5.41) is 0. The van der Waals surface area contributed by atoms with Gasteiger partial charge in [0, 0.05) is 0 Å². The molecule has 0 aromatic heterocycles. The highest BCUT2D eigenvalue weighted by Crippen LogP contribution is 2.13. The van der Waals surface area contributed by atoms with Gasteiger partial charge in [-0.1, -0.05) is 20.3 Å². The van der Waals surface area contributed by atoms with Gasteiger partial charge in [0.25, 0.3) is 0 Å². The zero-order chi connectivity index (χ0) is 8.97. The molecule has 0 spiro atoms. The Morgan fingerprint density at radius 2 is 1.75 bits per heavy atom. The van der Waals surface area contributed by atoms with E-state index in [2.05, 4.69) is 18.7 Å². The largest absolute Gasteiger partial charge is 0.316 e. The Morgan fingerprint density at radius 3 is 2.25 bits per heavy atom. The SMILES string of the molecule is CC(C)CC(N)N1CCCCC1. The van der Waals surface area contributed by atoms with Gasteiger partial charge in [0.2, 0.25) is 0 Å². The van der Waals surface area contributed by atoms with Crippen LogP contribution in [-0.2, 0) is 0 Å². The molecule has 2 nitrogen and oxygen atoms in total. The van der Waals surface area contributed by atoms with Crippen LogP contribution in [0.4, 0.5) is 0 Å². The molecule has 1 fully saturated rings. The van der Waals surface area contributed by atoms with Crippen LogP contribution in [0.3, 0.4) is 0 Å². The Morgan fingerprint density at radius 1 is 1.17 bits per heavy atom. The molecule has 0 aromatic carbocycles. The molecule has 0 aliphatic carbocycles. The summed E-state index contributed by atoms with van der Waals surface area (Å²) in [4.78, 5) is 2.43. The number of piperidine rings is 1. The molecule has 0 radical (unpaired) electrons. The molecule has 1 atom stereocenters. The summed E-state index contributed by atoms with van der Waals surface area (Å²) >= 11 is 0. The van der Waals surface area contributed by atoms with E-state index in [1.165, 1.54) is 32.4 Å². The Bertz CT molecular complexity index is 117. The number of hydrogen-bond donors (Lipinski definition) is 1. The highest BCUT2D eigenvalue weighted by molar-refractivity contribution is 4.71. The lowest BCUT2D eigenvalue weighted by molar-refractivity contribution is 0.148. The normalized spacial score (nSPS) is 23.0. The van der Waals surface area contributed by atoms with Crippen LogP contribution < -0.4 is 5.73 Å². The second-order valence-corrected chi connectivity index (χ2v) is 4.29. The number of nitrogens with two attached hydrogens (primary N) is 1. The van der Waals surface area contributed by atoms with Gasteiger partial charge in [-0.05, 0) is 38.3 Å². The summed E-state index contributed by atoms with van der Waals surface area (Å²) in [6.07, 6.45) is 5.52. The minimum atomic E-state index is 0.310. The zero-order valence-electron chi connectivity index (χ0n) is 8.42. The lowest BCUT2D eigenvalue weighted by Gasteiger charge is -2.32. The molecule has 72 valence electrons. The molecule has 1 aliphatic rings. The van der Waals surface area contributed by atoms with Crippen LogP contribution in [0, 0.1) is 5.92 Å². The van der Waals surface area contributed by atoms with Gasteiger partial charge in [-0.25, -0.2) is 0 Å². The smallest absolute Gasteiger partial charge is 0.0574 e. The standard InChI is InChI=1S/C10H22N2/c1-9(2)8-10(11)12-6-4-3-5-7-12/h9-10H,3-8,11H2,1-2H3. The number of likely N-dealkylation sites (tertiary alicyclic amines) is 1. The fourth-order valence-electron chi connectivity index (χ4n) is 1.88. The maximum atomic E-state index is 6.08. The van der Waals surface area contributed by atoms with Crippen molar-refractivity contribution in [2.24, 2.45) is 11.7 Å². The van der Waals surface area contributed by atoms with Crippen molar-refractivity contribution in [2.75, 3.05) is 13.1 Å². The summed E-state index contributed by atoms with van der Waals surface area (Å²) in [7, 11) is 0. The quantitative estimate of drug-likeness (QED) is 0.700. The van der Waals surface area contributed by atoms with Gasteiger partial charge in [0.05, 0.1) is 6.17 Å². The Hall–Kier alpha value is -0.0800. The van der Waals surface area contributed by atoms with Crippen LogP contribution in [0.2, 0.25) is 0 Å². The molecule has 1 rings (SSSR count). The average Bonchev–Trinajstić information content (AvgIpc) is 2.05. The third-order valence-electron chi connectivity index (χ3n) is 2.57. The van der Waals surface area contributed by atoms with Crippen molar-refractivity contribution in [1.82, 2.24) is 4.90 Å². The van der Waals surface area contributed by atoms with Crippen LogP contribution in [-0.4, -0.2) is 24.2 Å². The molecule has 2 N–H and O–H groups in total. The Balaban J connectivity index is 2.24. The fraction of sp³-hybridized carbons (Fsp3) is 1.00. The third kappa shape index (κ3) is 3.11. The first-order valence-corrected chi connectivity index (χ1v) is 5.20. The second kappa shape index (κ2) is 4.83. The molecule has 1 saturated heterocycles. The first-order valence-electron chi connectivity index (χ1n) is 5.20. The van der Waals surface area contributed by atoms with E-state index in [-0.39, 0.29) is 0 Å². The van der Waals surface area contributed by atoms with Gasteiger partial charge < -0.3 is 5.73 Å². The summed E-state index contributed by atoms with van der Waals surface area (Å²) in [6.45, 7) is 6.91. The van der Waals surface area contributed by atoms with E-state index < -0.39 is 0 Å². The van der Waals surface area contributed by atoms with E-state index in [9.17, 15) is 0 Å². The van der Waals surface area contributed by atoms with Gasteiger partial charge in [-0.3, -0.25) is 4.90 Å². The van der Waals surface area contributed by atoms with Crippen molar-refractivity contribution in [2.45, 2.75) is 45.7 Å². The zero-order valence-corrected chi connectivity index (χ0v) is 8.42. The minimum Gasteiger partial charge on any atom is -0.316 e. The maximum absolute atomic E-state index is 6.08. The van der Waals surface area contributed by atoms with Crippen molar-refractivity contribution in [3.63, 3.8) is 0 Å². The predicted molar refractivity (Wildman–Crippen MR) is 52.9 cm³/mol. The first-order chi connectivity index (χ1) is 5.70. The highest BCUT2D eigenvalue weighted by atomic mass is 15.2. The lowest BCUT2D eigenvalue weighted by atomic mass is 10.1. The fourth-order valence-corrected chi connectivity index (χ4v) is 1.88. The predicted octanol–water partition coefficient (Wildman–Crippen LogP) is 1.80. The van der Waals surface area contributed by atoms with E-state index in [1.807, 2.05) is 0 Å². The molecule has 0 saturated carbocycles. The monoisotopic (exact) mass is 170 g/mol. The van der Waals surface area contributed by atoms with E-state index >= 15 is 0 Å². The van der Waals surface area contributed by atoms with Crippen LogP contribution in [0.25, 0.3) is 0 Å². The summed E-state index contributed by atoms with van der Waals surface area (Å²) < 4.78 is 0. The molecule has 0 bridgehead atoms. The van der Waals surface area contributed by atoms with Crippen molar-refractivity contribution in [1.29, 1.82) is 0 Å². The second-order valence-electron chi connectivity index (χ2n) is 4.29. The highest BCUT2D eigenvalue weighted by Gasteiger charge is 2.17. The summed E-state index contributed by atoms with van der Waals surface area (Å²) in [5.74, 6) is 0.724. The van der Waals surface area contributed by atoms with E-state index in [4.69, 9.17) is 5.73 Å². The molecular weight excluding hydrogens is 148 g/mol. The molecule has 1 heterocycles. The number of rotatable bonds is 3. The summed E-state index contributed by atoms with van der Waals surface area (Å²) in [5.41, 5.74) is 6.08. The molecular formula is C10H22N2. The van der Waals surface area contributed by atoms with E-state index in [0.29, 0.717) is 6.17 Å². The minimum absolute atomic E-state index is 0.310. The molecule has 0 amide bonds. The Labute approximate surface area is 76.1 Å². The maximum Gasteiger partial charge on any atom is 0.0574 e. The van der Waals surface area contributed by atoms with Crippen LogP contribution in [0.15, 0.2) is 0 Å². The van der Waals surface area contributed by atoms with Crippen LogP contribution in [0.5, 0.6) is 0 Å². The molecule has 1 aliphatic heterocycles. The van der Waals surface area contributed by atoms with Crippen molar-refractivity contribution in [3.05, 3.63) is 0 Å². The third-order valence-corrected chi connectivity index (χ3v) is 2.57. The van der Waals surface area contributed by atoms with Crippen molar-refractivity contribution in [3.8, 4) is 0 Å². The lowest BCUT2D eigenvalue weighted by Crippen LogP contribution is -2.45. The average molecular weight is 170 g/mol. The Kier molecular flexibility index (Phi) is 4.02. The van der Waals surface area contributed by atoms with Crippen LogP contribution in [0.1, 0.15) is 39.5 Å². The van der Waals surface area contributed by atoms with Crippen LogP contribution >= 0.6 is 0 Å².